The second-order valence-corrected chi connectivity index (χ2v) is 6.28. The van der Waals surface area contributed by atoms with Crippen molar-refractivity contribution in [1.82, 2.24) is 9.97 Å². The van der Waals surface area contributed by atoms with Gasteiger partial charge in [-0.1, -0.05) is 11.8 Å². The molecule has 134 valence electrons. The summed E-state index contributed by atoms with van der Waals surface area (Å²) in [6, 6.07) is 7.97. The molecule has 1 aromatic heterocycles. The maximum Gasteiger partial charge on any atom is 0.257 e. The van der Waals surface area contributed by atoms with Crippen LogP contribution in [0.1, 0.15) is 10.4 Å². The number of aromatic nitrogens is 2. The highest BCUT2D eigenvalue weighted by atomic mass is 35.5. The fourth-order valence-corrected chi connectivity index (χ4v) is 2.90. The Morgan fingerprint density at radius 3 is 2.56 bits per heavy atom. The highest BCUT2D eigenvalue weighted by molar-refractivity contribution is 7.98. The average molecular weight is 401 g/mol. The molecular weight excluding hydrogens is 383 g/mol. The standard InChI is InChI=1S/C16H17ClN4O2S.ClH/c1-24-16-18-10-13(14(17)22)15(20-16)19-11-2-4-12(5-3-11)21-6-8-23-9-7-21;/h2-5,10H,6-9H2,1H3,(H,18,19,20);1H. The molecule has 25 heavy (non-hydrogen) atoms. The van der Waals surface area contributed by atoms with Gasteiger partial charge in [-0.2, -0.15) is 0 Å². The van der Waals surface area contributed by atoms with Crippen LogP contribution in [0.25, 0.3) is 0 Å². The molecule has 1 aliphatic heterocycles. The SMILES string of the molecule is CSc1ncc(C(=O)Cl)c(Nc2ccc(N3CCOCC3)cc2)n1.Cl. The molecule has 0 amide bonds. The Bertz CT molecular complexity index is 725. The first-order chi connectivity index (χ1) is 11.7. The van der Waals surface area contributed by atoms with Crippen LogP contribution in [0, 0.1) is 0 Å². The maximum absolute atomic E-state index is 11.5. The van der Waals surface area contributed by atoms with Gasteiger partial charge < -0.3 is 15.0 Å². The zero-order chi connectivity index (χ0) is 16.9. The largest absolute Gasteiger partial charge is 0.378 e. The molecule has 1 aliphatic rings. The van der Waals surface area contributed by atoms with Crippen molar-refractivity contribution < 1.29 is 9.53 Å². The molecule has 0 aliphatic carbocycles. The van der Waals surface area contributed by atoms with Crippen LogP contribution in [0.3, 0.4) is 0 Å². The van der Waals surface area contributed by atoms with Gasteiger partial charge in [0.15, 0.2) is 5.16 Å². The third kappa shape index (κ3) is 4.98. The average Bonchev–Trinajstić information content (AvgIpc) is 2.63. The van der Waals surface area contributed by atoms with Crippen molar-refractivity contribution in [3.63, 3.8) is 0 Å². The number of benzene rings is 1. The molecule has 1 fully saturated rings. The van der Waals surface area contributed by atoms with Crippen molar-refractivity contribution in [3.05, 3.63) is 36.0 Å². The summed E-state index contributed by atoms with van der Waals surface area (Å²) >= 11 is 7.01. The summed E-state index contributed by atoms with van der Waals surface area (Å²) in [6.45, 7) is 3.28. The molecule has 3 rings (SSSR count). The predicted octanol–water partition coefficient (Wildman–Crippen LogP) is 3.58. The number of carbonyl (C=O) groups excluding carboxylic acids is 1. The van der Waals surface area contributed by atoms with E-state index in [-0.39, 0.29) is 18.0 Å². The van der Waals surface area contributed by atoms with Crippen LogP contribution in [0.5, 0.6) is 0 Å². The monoisotopic (exact) mass is 400 g/mol. The number of nitrogens with zero attached hydrogens (tertiary/aromatic N) is 3. The Kier molecular flexibility index (Phi) is 7.31. The lowest BCUT2D eigenvalue weighted by atomic mass is 10.2. The zero-order valence-corrected chi connectivity index (χ0v) is 16.0. The van der Waals surface area contributed by atoms with Crippen LogP contribution in [-0.2, 0) is 4.74 Å². The molecule has 9 heteroatoms. The first-order valence-electron chi connectivity index (χ1n) is 7.48. The Hall–Kier alpha value is -1.54. The number of rotatable bonds is 5. The van der Waals surface area contributed by atoms with E-state index < -0.39 is 5.24 Å². The zero-order valence-electron chi connectivity index (χ0n) is 13.6. The molecule has 0 spiro atoms. The number of hydrogen-bond donors (Lipinski definition) is 1. The Labute approximate surface area is 161 Å². The van der Waals surface area contributed by atoms with Crippen molar-refractivity contribution in [1.29, 1.82) is 0 Å². The molecule has 0 atom stereocenters. The van der Waals surface area contributed by atoms with Crippen LogP contribution < -0.4 is 10.2 Å². The number of morpholine rings is 1. The predicted molar refractivity (Wildman–Crippen MR) is 104 cm³/mol. The summed E-state index contributed by atoms with van der Waals surface area (Å²) in [5.41, 5.74) is 2.23. The number of nitrogens with one attached hydrogen (secondary N) is 1. The first kappa shape index (κ1) is 19.8. The third-order valence-corrected chi connectivity index (χ3v) is 4.43. The van der Waals surface area contributed by atoms with Crippen molar-refractivity contribution in [2.24, 2.45) is 0 Å². The van der Waals surface area contributed by atoms with Crippen LogP contribution >= 0.6 is 35.8 Å². The Morgan fingerprint density at radius 2 is 1.96 bits per heavy atom. The number of hydrogen-bond acceptors (Lipinski definition) is 7. The maximum atomic E-state index is 11.5. The molecule has 0 unspecified atom stereocenters. The van der Waals surface area contributed by atoms with Crippen LogP contribution in [0.4, 0.5) is 17.2 Å². The first-order valence-corrected chi connectivity index (χ1v) is 9.08. The minimum absolute atomic E-state index is 0. The van der Waals surface area contributed by atoms with Gasteiger partial charge in [-0.25, -0.2) is 9.97 Å². The molecule has 0 bridgehead atoms. The lowest BCUT2D eigenvalue weighted by Gasteiger charge is -2.28. The third-order valence-electron chi connectivity index (χ3n) is 3.67. The van der Waals surface area contributed by atoms with Gasteiger partial charge in [0.1, 0.15) is 5.82 Å². The number of carbonyl (C=O) groups is 1. The topological polar surface area (TPSA) is 67.4 Å². The number of thioether (sulfide) groups is 1. The summed E-state index contributed by atoms with van der Waals surface area (Å²) in [4.78, 5) is 22.2. The van der Waals surface area contributed by atoms with Gasteiger partial charge in [0.05, 0.1) is 18.8 Å². The molecule has 1 N–H and O–H groups in total. The van der Waals surface area contributed by atoms with Gasteiger partial charge in [0.25, 0.3) is 5.24 Å². The smallest absolute Gasteiger partial charge is 0.257 e. The second-order valence-electron chi connectivity index (χ2n) is 5.16. The minimum atomic E-state index is -0.588. The van der Waals surface area contributed by atoms with E-state index >= 15 is 0 Å². The van der Waals surface area contributed by atoms with Gasteiger partial charge in [0, 0.05) is 30.7 Å². The van der Waals surface area contributed by atoms with E-state index in [1.807, 2.05) is 30.5 Å². The quantitative estimate of drug-likeness (QED) is 0.467. The van der Waals surface area contributed by atoms with E-state index in [9.17, 15) is 4.79 Å². The van der Waals surface area contributed by atoms with Crippen molar-refractivity contribution in [2.45, 2.75) is 5.16 Å². The summed E-state index contributed by atoms with van der Waals surface area (Å²) in [6.07, 6.45) is 3.32. The summed E-state index contributed by atoms with van der Waals surface area (Å²) < 4.78 is 5.37. The van der Waals surface area contributed by atoms with E-state index in [1.165, 1.54) is 18.0 Å². The summed E-state index contributed by atoms with van der Waals surface area (Å²) in [7, 11) is 0. The lowest BCUT2D eigenvalue weighted by Crippen LogP contribution is -2.36. The number of ether oxygens (including phenoxy) is 1. The highest BCUT2D eigenvalue weighted by Crippen LogP contribution is 2.24. The van der Waals surface area contributed by atoms with Crippen LogP contribution in [0.2, 0.25) is 0 Å². The van der Waals surface area contributed by atoms with E-state index in [1.54, 1.807) is 0 Å². The Balaban J connectivity index is 0.00000225. The van der Waals surface area contributed by atoms with Gasteiger partial charge >= 0.3 is 0 Å². The Morgan fingerprint density at radius 1 is 1.28 bits per heavy atom. The highest BCUT2D eigenvalue weighted by Gasteiger charge is 2.14. The van der Waals surface area contributed by atoms with Crippen LogP contribution in [0.15, 0.2) is 35.6 Å². The van der Waals surface area contributed by atoms with Gasteiger partial charge in [-0.3, -0.25) is 4.79 Å². The fraction of sp³-hybridized carbons (Fsp3) is 0.312. The van der Waals surface area contributed by atoms with Crippen molar-refractivity contribution >= 4 is 58.2 Å². The number of anilines is 3. The van der Waals surface area contributed by atoms with E-state index in [0.29, 0.717) is 11.0 Å². The molecule has 2 heterocycles. The van der Waals surface area contributed by atoms with E-state index in [4.69, 9.17) is 16.3 Å². The van der Waals surface area contributed by atoms with E-state index in [2.05, 4.69) is 20.2 Å². The number of halogens is 2. The molecule has 1 saturated heterocycles. The normalized spacial score (nSPS) is 13.9. The summed E-state index contributed by atoms with van der Waals surface area (Å²) in [5, 5.41) is 3.13. The molecule has 0 radical (unpaired) electrons. The molecule has 6 nitrogen and oxygen atoms in total. The van der Waals surface area contributed by atoms with Gasteiger partial charge in [0.2, 0.25) is 0 Å². The lowest BCUT2D eigenvalue weighted by molar-refractivity contribution is 0.108. The van der Waals surface area contributed by atoms with Gasteiger partial charge in [-0.15, -0.1) is 12.4 Å². The molecular formula is C16H18Cl2N4O2S. The second kappa shape index (κ2) is 9.24. The van der Waals surface area contributed by atoms with Crippen molar-refractivity contribution in [3.8, 4) is 0 Å². The fourth-order valence-electron chi connectivity index (χ4n) is 2.42. The minimum Gasteiger partial charge on any atom is -0.378 e. The van der Waals surface area contributed by atoms with Gasteiger partial charge in [-0.05, 0) is 42.1 Å². The van der Waals surface area contributed by atoms with E-state index in [0.717, 1.165) is 37.7 Å². The van der Waals surface area contributed by atoms with Crippen molar-refractivity contribution in [2.75, 3.05) is 42.8 Å². The molecule has 1 aromatic carbocycles. The van der Waals surface area contributed by atoms with Crippen LogP contribution in [-0.4, -0.2) is 47.8 Å². The molecule has 0 saturated carbocycles. The summed E-state index contributed by atoms with van der Waals surface area (Å²) in [5.74, 6) is 0.411. The molecule has 2 aromatic rings.